The Balaban J connectivity index is 2.26. The van der Waals surface area contributed by atoms with Gasteiger partial charge in [0.2, 0.25) is 0 Å². The van der Waals surface area contributed by atoms with Gasteiger partial charge in [-0.15, -0.1) is 0 Å². The lowest BCUT2D eigenvalue weighted by Crippen LogP contribution is -2.15. The van der Waals surface area contributed by atoms with Gasteiger partial charge >= 0.3 is 0 Å². The highest BCUT2D eigenvalue weighted by Gasteiger charge is 2.20. The first kappa shape index (κ1) is 10.2. The van der Waals surface area contributed by atoms with E-state index in [4.69, 9.17) is 4.74 Å². The van der Waals surface area contributed by atoms with E-state index in [1.165, 1.54) is 11.1 Å². The number of carbonyl (C=O) groups excluding carboxylic acids is 1. The van der Waals surface area contributed by atoms with Crippen molar-refractivity contribution in [3.63, 3.8) is 0 Å². The smallest absolute Gasteiger partial charge is 0.122 e. The number of aldehydes is 1. The molecule has 1 aromatic rings. The van der Waals surface area contributed by atoms with Crippen molar-refractivity contribution in [3.05, 3.63) is 29.3 Å². The number of aryl methyl sites for hydroxylation is 1. The summed E-state index contributed by atoms with van der Waals surface area (Å²) in [6.07, 6.45) is 4.89. The van der Waals surface area contributed by atoms with Crippen LogP contribution in [0.15, 0.2) is 18.2 Å². The van der Waals surface area contributed by atoms with Crippen LogP contribution in [0.3, 0.4) is 0 Å². The zero-order chi connectivity index (χ0) is 10.7. The number of hydrogen-bond donors (Lipinski definition) is 0. The number of carbonyl (C=O) groups is 1. The van der Waals surface area contributed by atoms with Crippen molar-refractivity contribution in [2.24, 2.45) is 5.92 Å². The highest BCUT2D eigenvalue weighted by Crippen LogP contribution is 2.32. The summed E-state index contributed by atoms with van der Waals surface area (Å²) in [5.74, 6) is 1.48. The van der Waals surface area contributed by atoms with Gasteiger partial charge in [0.25, 0.3) is 0 Å². The maximum atomic E-state index is 10.5. The van der Waals surface area contributed by atoms with E-state index < -0.39 is 0 Å². The van der Waals surface area contributed by atoms with Crippen LogP contribution in [0.5, 0.6) is 5.75 Å². The zero-order valence-electron chi connectivity index (χ0n) is 9.03. The molecule has 0 saturated heterocycles. The van der Waals surface area contributed by atoms with E-state index in [2.05, 4.69) is 6.07 Å². The Kier molecular flexibility index (Phi) is 3.05. The largest absolute Gasteiger partial charge is 0.496 e. The van der Waals surface area contributed by atoms with Gasteiger partial charge in [-0.1, -0.05) is 12.1 Å². The van der Waals surface area contributed by atoms with E-state index in [0.29, 0.717) is 12.3 Å². The second-order valence-corrected chi connectivity index (χ2v) is 4.11. The Morgan fingerprint density at radius 1 is 1.53 bits per heavy atom. The van der Waals surface area contributed by atoms with E-state index in [1.807, 2.05) is 12.1 Å². The van der Waals surface area contributed by atoms with Crippen molar-refractivity contribution in [1.82, 2.24) is 0 Å². The van der Waals surface area contributed by atoms with Crippen molar-refractivity contribution < 1.29 is 9.53 Å². The van der Waals surface area contributed by atoms with Gasteiger partial charge in [-0.3, -0.25) is 0 Å². The summed E-state index contributed by atoms with van der Waals surface area (Å²) < 4.78 is 5.35. The Hall–Kier alpha value is -1.31. The van der Waals surface area contributed by atoms with Gasteiger partial charge in [-0.25, -0.2) is 0 Å². The minimum Gasteiger partial charge on any atom is -0.496 e. The fourth-order valence-electron chi connectivity index (χ4n) is 2.36. The normalized spacial score (nSPS) is 19.4. The van der Waals surface area contributed by atoms with Gasteiger partial charge in [0.15, 0.2) is 0 Å². The molecule has 0 spiro atoms. The highest BCUT2D eigenvalue weighted by atomic mass is 16.5. The Bertz CT molecular complexity index is 343. The van der Waals surface area contributed by atoms with E-state index in [-0.39, 0.29) is 0 Å². The Labute approximate surface area is 90.3 Å². The molecular weight excluding hydrogens is 188 g/mol. The Morgan fingerprint density at radius 2 is 2.40 bits per heavy atom. The van der Waals surface area contributed by atoms with Gasteiger partial charge in [-0.2, -0.15) is 0 Å². The first-order valence-corrected chi connectivity index (χ1v) is 5.43. The minimum atomic E-state index is 0.506. The quantitative estimate of drug-likeness (QED) is 0.707. The molecule has 2 nitrogen and oxygen atoms in total. The second kappa shape index (κ2) is 4.47. The fourth-order valence-corrected chi connectivity index (χ4v) is 2.36. The molecular formula is C13H16O2. The van der Waals surface area contributed by atoms with Crippen molar-refractivity contribution in [1.29, 1.82) is 0 Å². The summed E-state index contributed by atoms with van der Waals surface area (Å²) in [4.78, 5) is 10.5. The lowest BCUT2D eigenvalue weighted by Gasteiger charge is -2.24. The third-order valence-corrected chi connectivity index (χ3v) is 3.19. The lowest BCUT2D eigenvalue weighted by atomic mass is 9.82. The molecule has 0 amide bonds. The molecule has 0 aromatic heterocycles. The second-order valence-electron chi connectivity index (χ2n) is 4.11. The van der Waals surface area contributed by atoms with Gasteiger partial charge in [0.05, 0.1) is 7.11 Å². The molecule has 2 heteroatoms. The fraction of sp³-hybridized carbons (Fsp3) is 0.462. The summed E-state index contributed by atoms with van der Waals surface area (Å²) in [5.41, 5.74) is 2.69. The predicted molar refractivity (Wildman–Crippen MR) is 59.2 cm³/mol. The SMILES string of the molecule is COc1cccc2c1CC(CC=O)CC2. The molecule has 1 aliphatic carbocycles. The van der Waals surface area contributed by atoms with Gasteiger partial charge in [0, 0.05) is 6.42 Å². The molecule has 0 heterocycles. The molecule has 1 aromatic carbocycles. The van der Waals surface area contributed by atoms with Gasteiger partial charge in [0.1, 0.15) is 12.0 Å². The molecule has 15 heavy (non-hydrogen) atoms. The maximum Gasteiger partial charge on any atom is 0.122 e. The number of rotatable bonds is 3. The summed E-state index contributed by atoms with van der Waals surface area (Å²) in [5, 5.41) is 0. The van der Waals surface area contributed by atoms with Crippen molar-refractivity contribution >= 4 is 6.29 Å². The summed E-state index contributed by atoms with van der Waals surface area (Å²) in [7, 11) is 1.71. The van der Waals surface area contributed by atoms with Crippen LogP contribution in [0.4, 0.5) is 0 Å². The predicted octanol–water partition coefficient (Wildman–Crippen LogP) is 2.39. The topological polar surface area (TPSA) is 26.3 Å². The standard InChI is InChI=1S/C13H16O2/c1-15-13-4-2-3-11-6-5-10(7-8-14)9-12(11)13/h2-4,8,10H,5-7,9H2,1H3. The van der Waals surface area contributed by atoms with E-state index in [9.17, 15) is 4.79 Å². The third kappa shape index (κ3) is 2.04. The molecule has 2 rings (SSSR count). The molecule has 0 bridgehead atoms. The Morgan fingerprint density at radius 3 is 3.13 bits per heavy atom. The van der Waals surface area contributed by atoms with E-state index in [0.717, 1.165) is 31.3 Å². The minimum absolute atomic E-state index is 0.506. The molecule has 1 unspecified atom stereocenters. The zero-order valence-corrected chi connectivity index (χ0v) is 9.03. The monoisotopic (exact) mass is 204 g/mol. The van der Waals surface area contributed by atoms with Crippen LogP contribution >= 0.6 is 0 Å². The highest BCUT2D eigenvalue weighted by molar-refractivity contribution is 5.51. The molecule has 0 saturated carbocycles. The van der Waals surface area contributed by atoms with Crippen LogP contribution in [-0.4, -0.2) is 13.4 Å². The molecule has 0 aliphatic heterocycles. The molecule has 0 N–H and O–H groups in total. The van der Waals surface area contributed by atoms with Crippen molar-refractivity contribution in [2.75, 3.05) is 7.11 Å². The summed E-state index contributed by atoms with van der Waals surface area (Å²) in [6, 6.07) is 6.20. The average molecular weight is 204 g/mol. The third-order valence-electron chi connectivity index (χ3n) is 3.19. The molecule has 80 valence electrons. The number of benzene rings is 1. The van der Waals surface area contributed by atoms with Crippen LogP contribution in [0.2, 0.25) is 0 Å². The number of hydrogen-bond acceptors (Lipinski definition) is 2. The summed E-state index contributed by atoms with van der Waals surface area (Å²) >= 11 is 0. The van der Waals surface area contributed by atoms with E-state index >= 15 is 0 Å². The van der Waals surface area contributed by atoms with Crippen molar-refractivity contribution in [3.8, 4) is 5.75 Å². The van der Waals surface area contributed by atoms with Crippen LogP contribution in [-0.2, 0) is 17.6 Å². The average Bonchev–Trinajstić information content (AvgIpc) is 2.28. The van der Waals surface area contributed by atoms with Crippen LogP contribution in [0.25, 0.3) is 0 Å². The lowest BCUT2D eigenvalue weighted by molar-refractivity contribution is -0.108. The number of ether oxygens (including phenoxy) is 1. The number of fused-ring (bicyclic) bond motifs is 1. The summed E-state index contributed by atoms with van der Waals surface area (Å²) in [6.45, 7) is 0. The number of methoxy groups -OCH3 is 1. The van der Waals surface area contributed by atoms with Crippen LogP contribution < -0.4 is 4.74 Å². The van der Waals surface area contributed by atoms with Gasteiger partial charge in [-0.05, 0) is 42.4 Å². The van der Waals surface area contributed by atoms with Gasteiger partial charge < -0.3 is 9.53 Å². The van der Waals surface area contributed by atoms with Crippen LogP contribution in [0, 0.1) is 5.92 Å². The molecule has 1 aliphatic rings. The maximum absolute atomic E-state index is 10.5. The van der Waals surface area contributed by atoms with E-state index in [1.54, 1.807) is 7.11 Å². The first-order chi connectivity index (χ1) is 7.35. The first-order valence-electron chi connectivity index (χ1n) is 5.43. The molecule has 1 atom stereocenters. The molecule has 0 fully saturated rings. The molecule has 0 radical (unpaired) electrons. The van der Waals surface area contributed by atoms with Crippen molar-refractivity contribution in [2.45, 2.75) is 25.7 Å². The van der Waals surface area contributed by atoms with Crippen LogP contribution in [0.1, 0.15) is 24.0 Å².